The van der Waals surface area contributed by atoms with Gasteiger partial charge in [-0.1, -0.05) is 0 Å². The molecule has 1 fully saturated rings. The normalized spacial score (nSPS) is 25.1. The van der Waals surface area contributed by atoms with Gasteiger partial charge in [0.05, 0.1) is 5.41 Å². The second-order valence-corrected chi connectivity index (χ2v) is 3.04. The molecule has 0 saturated carbocycles. The largest absolute Gasteiger partial charge is 0.481 e. The zero-order chi connectivity index (χ0) is 7.07. The molecule has 0 spiro atoms. The van der Waals surface area contributed by atoms with Gasteiger partial charge in [-0.25, -0.2) is 0 Å². The Labute approximate surface area is 54.3 Å². The van der Waals surface area contributed by atoms with E-state index in [1.54, 1.807) is 6.92 Å². The quantitative estimate of drug-likeness (QED) is 0.542. The lowest BCUT2D eigenvalue weighted by molar-refractivity contribution is -0.157. The van der Waals surface area contributed by atoms with Crippen LogP contribution in [0.15, 0.2) is 0 Å². The van der Waals surface area contributed by atoms with Crippen LogP contribution in [0.2, 0.25) is 0 Å². The molecule has 9 heavy (non-hydrogen) atoms. The first-order valence-electron chi connectivity index (χ1n) is 2.96. The number of carbonyl (C=O) groups is 1. The number of carboxylic acids is 1. The Morgan fingerprint density at radius 3 is 2.22 bits per heavy atom. The number of nitrogens with zero attached hydrogens (tertiary/aromatic N) is 1. The molecule has 0 bridgehead atoms. The highest BCUT2D eigenvalue weighted by atomic mass is 16.4. The van der Waals surface area contributed by atoms with E-state index < -0.39 is 11.4 Å². The van der Waals surface area contributed by atoms with Crippen molar-refractivity contribution in [3.8, 4) is 0 Å². The van der Waals surface area contributed by atoms with Gasteiger partial charge < -0.3 is 10.0 Å². The van der Waals surface area contributed by atoms with Crippen molar-refractivity contribution in [2.24, 2.45) is 5.41 Å². The first kappa shape index (κ1) is 6.55. The zero-order valence-electron chi connectivity index (χ0n) is 5.72. The van der Waals surface area contributed by atoms with Crippen molar-refractivity contribution in [3.63, 3.8) is 0 Å². The molecule has 0 radical (unpaired) electrons. The molecule has 1 aliphatic heterocycles. The van der Waals surface area contributed by atoms with Crippen LogP contribution in [-0.2, 0) is 4.79 Å². The fraction of sp³-hybridized carbons (Fsp3) is 0.833. The molecule has 0 aromatic carbocycles. The number of hydrogen-bond donors (Lipinski definition) is 1. The van der Waals surface area contributed by atoms with Crippen molar-refractivity contribution in [2.75, 3.05) is 20.1 Å². The summed E-state index contributed by atoms with van der Waals surface area (Å²) in [7, 11) is 1.92. The number of carboxylic acid groups (broad SMARTS) is 1. The first-order valence-corrected chi connectivity index (χ1v) is 2.96. The summed E-state index contributed by atoms with van der Waals surface area (Å²) in [5, 5.41) is 8.58. The van der Waals surface area contributed by atoms with E-state index >= 15 is 0 Å². The molecular formula is C6H11NO2. The maximum absolute atomic E-state index is 10.4. The van der Waals surface area contributed by atoms with Crippen molar-refractivity contribution in [1.29, 1.82) is 0 Å². The smallest absolute Gasteiger partial charge is 0.311 e. The fourth-order valence-corrected chi connectivity index (χ4v) is 1.28. The Morgan fingerprint density at radius 1 is 1.67 bits per heavy atom. The molecule has 0 atom stereocenters. The van der Waals surface area contributed by atoms with Gasteiger partial charge in [-0.3, -0.25) is 4.79 Å². The van der Waals surface area contributed by atoms with Gasteiger partial charge in [0.1, 0.15) is 0 Å². The Balaban J connectivity index is 2.50. The van der Waals surface area contributed by atoms with E-state index in [9.17, 15) is 4.79 Å². The SMILES string of the molecule is CN1CC(C)(C(=O)O)C1. The van der Waals surface area contributed by atoms with Gasteiger partial charge >= 0.3 is 5.97 Å². The molecule has 0 aromatic heterocycles. The van der Waals surface area contributed by atoms with E-state index in [-0.39, 0.29) is 0 Å². The molecule has 1 heterocycles. The summed E-state index contributed by atoms with van der Waals surface area (Å²) in [5.41, 5.74) is -0.464. The predicted molar refractivity (Wildman–Crippen MR) is 33.2 cm³/mol. The van der Waals surface area contributed by atoms with Gasteiger partial charge in [0, 0.05) is 13.1 Å². The molecular weight excluding hydrogens is 118 g/mol. The van der Waals surface area contributed by atoms with Crippen LogP contribution < -0.4 is 0 Å². The Kier molecular flexibility index (Phi) is 1.24. The number of hydrogen-bond acceptors (Lipinski definition) is 2. The van der Waals surface area contributed by atoms with Gasteiger partial charge in [-0.15, -0.1) is 0 Å². The van der Waals surface area contributed by atoms with Crippen LogP contribution in [0.1, 0.15) is 6.92 Å². The highest BCUT2D eigenvalue weighted by molar-refractivity contribution is 5.75. The maximum atomic E-state index is 10.4. The van der Waals surface area contributed by atoms with Gasteiger partial charge in [-0.05, 0) is 14.0 Å². The van der Waals surface area contributed by atoms with E-state index in [4.69, 9.17) is 5.11 Å². The van der Waals surface area contributed by atoms with E-state index in [1.165, 1.54) is 0 Å². The first-order chi connectivity index (χ1) is 4.04. The maximum Gasteiger partial charge on any atom is 0.311 e. The van der Waals surface area contributed by atoms with Crippen molar-refractivity contribution < 1.29 is 9.90 Å². The van der Waals surface area contributed by atoms with Crippen molar-refractivity contribution in [2.45, 2.75) is 6.92 Å². The van der Waals surface area contributed by atoms with E-state index in [0.717, 1.165) is 0 Å². The van der Waals surface area contributed by atoms with E-state index in [2.05, 4.69) is 0 Å². The lowest BCUT2D eigenvalue weighted by atomic mass is 9.83. The van der Waals surface area contributed by atoms with Crippen LogP contribution in [0.4, 0.5) is 0 Å². The summed E-state index contributed by atoms with van der Waals surface area (Å²) in [6, 6.07) is 0. The third-order valence-electron chi connectivity index (χ3n) is 1.75. The van der Waals surface area contributed by atoms with Crippen molar-refractivity contribution >= 4 is 5.97 Å². The molecule has 52 valence electrons. The second-order valence-electron chi connectivity index (χ2n) is 3.04. The average Bonchev–Trinajstić information content (AvgIpc) is 1.62. The summed E-state index contributed by atoms with van der Waals surface area (Å²) in [5.74, 6) is -0.680. The topological polar surface area (TPSA) is 40.5 Å². The number of likely N-dealkylation sites (tertiary alicyclic amines) is 1. The van der Waals surface area contributed by atoms with Gasteiger partial charge in [0.2, 0.25) is 0 Å². The zero-order valence-corrected chi connectivity index (χ0v) is 5.72. The Morgan fingerprint density at radius 2 is 2.11 bits per heavy atom. The van der Waals surface area contributed by atoms with Gasteiger partial charge in [-0.2, -0.15) is 0 Å². The molecule has 1 rings (SSSR count). The lowest BCUT2D eigenvalue weighted by Crippen LogP contribution is -2.56. The molecule has 0 aromatic rings. The third-order valence-corrected chi connectivity index (χ3v) is 1.75. The molecule has 3 nitrogen and oxygen atoms in total. The average molecular weight is 129 g/mol. The summed E-state index contributed by atoms with van der Waals surface area (Å²) >= 11 is 0. The highest BCUT2D eigenvalue weighted by Crippen LogP contribution is 2.27. The molecule has 0 amide bonds. The van der Waals surface area contributed by atoms with Crippen molar-refractivity contribution in [1.82, 2.24) is 4.90 Å². The number of rotatable bonds is 1. The highest BCUT2D eigenvalue weighted by Gasteiger charge is 2.43. The van der Waals surface area contributed by atoms with E-state index in [0.29, 0.717) is 13.1 Å². The minimum atomic E-state index is -0.680. The van der Waals surface area contributed by atoms with Crippen LogP contribution in [0.25, 0.3) is 0 Å². The van der Waals surface area contributed by atoms with E-state index in [1.807, 2.05) is 11.9 Å². The van der Waals surface area contributed by atoms with Gasteiger partial charge in [0.25, 0.3) is 0 Å². The van der Waals surface area contributed by atoms with Crippen molar-refractivity contribution in [3.05, 3.63) is 0 Å². The minimum absolute atomic E-state index is 0.464. The Bertz CT molecular complexity index is 138. The summed E-state index contributed by atoms with van der Waals surface area (Å²) in [6.45, 7) is 3.14. The summed E-state index contributed by atoms with van der Waals surface area (Å²) in [6.07, 6.45) is 0. The standard InChI is InChI=1S/C6H11NO2/c1-6(5(8)9)3-7(2)4-6/h3-4H2,1-2H3,(H,8,9). The van der Waals surface area contributed by atoms with Crippen LogP contribution in [0.3, 0.4) is 0 Å². The number of aliphatic carboxylic acids is 1. The Hall–Kier alpha value is -0.570. The molecule has 0 unspecified atom stereocenters. The molecule has 1 aliphatic rings. The third kappa shape index (κ3) is 0.920. The summed E-state index contributed by atoms with van der Waals surface area (Å²) < 4.78 is 0. The predicted octanol–water partition coefficient (Wildman–Crippen LogP) is 0.0227. The molecule has 0 aliphatic carbocycles. The molecule has 3 heteroatoms. The second kappa shape index (κ2) is 1.70. The van der Waals surface area contributed by atoms with Crippen LogP contribution in [-0.4, -0.2) is 36.1 Å². The van der Waals surface area contributed by atoms with Gasteiger partial charge in [0.15, 0.2) is 0 Å². The van der Waals surface area contributed by atoms with Crippen LogP contribution in [0, 0.1) is 5.41 Å². The van der Waals surface area contributed by atoms with Crippen LogP contribution >= 0.6 is 0 Å². The summed E-state index contributed by atoms with van der Waals surface area (Å²) in [4.78, 5) is 12.4. The van der Waals surface area contributed by atoms with Crippen LogP contribution in [0.5, 0.6) is 0 Å². The minimum Gasteiger partial charge on any atom is -0.481 e. The monoisotopic (exact) mass is 129 g/mol. The molecule has 1 N–H and O–H groups in total. The lowest BCUT2D eigenvalue weighted by Gasteiger charge is -2.42. The fourth-order valence-electron chi connectivity index (χ4n) is 1.28. The molecule has 1 saturated heterocycles.